The number of hydrogen-bond donors (Lipinski definition) is 1. The van der Waals surface area contributed by atoms with E-state index >= 15 is 0 Å². The lowest BCUT2D eigenvalue weighted by Crippen LogP contribution is -2.27. The van der Waals surface area contributed by atoms with Gasteiger partial charge in [-0.2, -0.15) is 0 Å². The molecule has 1 aromatic rings. The number of ketones is 1. The van der Waals surface area contributed by atoms with Crippen LogP contribution < -0.4 is 5.32 Å². The van der Waals surface area contributed by atoms with Crippen molar-refractivity contribution in [3.8, 4) is 0 Å². The third-order valence-corrected chi connectivity index (χ3v) is 3.26. The Kier molecular flexibility index (Phi) is 5.98. The highest BCUT2D eigenvalue weighted by Crippen LogP contribution is 2.09. The standard InChI is InChI=1S/C13H18INO/c1-3-15-9-10(2)13(16)8-11-4-6-12(14)7-5-11/h4-7,10,15H,3,8-9H2,1-2H3. The van der Waals surface area contributed by atoms with Gasteiger partial charge < -0.3 is 5.32 Å². The van der Waals surface area contributed by atoms with Gasteiger partial charge in [0.1, 0.15) is 5.78 Å². The van der Waals surface area contributed by atoms with Gasteiger partial charge in [-0.3, -0.25) is 4.79 Å². The maximum absolute atomic E-state index is 11.9. The van der Waals surface area contributed by atoms with Crippen LogP contribution in [0.25, 0.3) is 0 Å². The quantitative estimate of drug-likeness (QED) is 0.812. The van der Waals surface area contributed by atoms with Crippen LogP contribution in [-0.4, -0.2) is 18.9 Å². The Morgan fingerprint density at radius 1 is 1.38 bits per heavy atom. The van der Waals surface area contributed by atoms with Gasteiger partial charge in [-0.05, 0) is 46.8 Å². The number of Topliss-reactive ketones (excluding diaryl/α,β-unsaturated/α-hetero) is 1. The summed E-state index contributed by atoms with van der Waals surface area (Å²) < 4.78 is 1.20. The van der Waals surface area contributed by atoms with Crippen molar-refractivity contribution in [1.82, 2.24) is 5.32 Å². The summed E-state index contributed by atoms with van der Waals surface area (Å²) in [5.74, 6) is 0.404. The molecule has 0 saturated carbocycles. The van der Waals surface area contributed by atoms with Gasteiger partial charge in [0.05, 0.1) is 0 Å². The van der Waals surface area contributed by atoms with E-state index in [0.29, 0.717) is 12.2 Å². The topological polar surface area (TPSA) is 29.1 Å². The Labute approximate surface area is 111 Å². The molecule has 1 rings (SSSR count). The van der Waals surface area contributed by atoms with Crippen LogP contribution in [-0.2, 0) is 11.2 Å². The Balaban J connectivity index is 2.47. The van der Waals surface area contributed by atoms with E-state index in [-0.39, 0.29) is 5.92 Å². The van der Waals surface area contributed by atoms with Gasteiger partial charge in [0.15, 0.2) is 0 Å². The number of hydrogen-bond acceptors (Lipinski definition) is 2. The zero-order valence-electron chi connectivity index (χ0n) is 9.79. The maximum Gasteiger partial charge on any atom is 0.141 e. The molecule has 2 nitrogen and oxygen atoms in total. The zero-order valence-corrected chi connectivity index (χ0v) is 12.0. The molecule has 0 spiro atoms. The van der Waals surface area contributed by atoms with Crippen molar-refractivity contribution in [3.63, 3.8) is 0 Å². The van der Waals surface area contributed by atoms with Gasteiger partial charge in [0.25, 0.3) is 0 Å². The number of carbonyl (C=O) groups excluding carboxylic acids is 1. The van der Waals surface area contributed by atoms with Crippen LogP contribution >= 0.6 is 22.6 Å². The molecule has 0 aliphatic rings. The molecular formula is C13H18INO. The molecule has 0 radical (unpaired) electrons. The molecule has 0 heterocycles. The Bertz CT molecular complexity index is 334. The van der Waals surface area contributed by atoms with E-state index in [4.69, 9.17) is 0 Å². The summed E-state index contributed by atoms with van der Waals surface area (Å²) in [5.41, 5.74) is 1.11. The molecule has 0 bridgehead atoms. The first-order valence-corrected chi connectivity index (χ1v) is 6.69. The average molecular weight is 331 g/mol. The van der Waals surface area contributed by atoms with E-state index in [1.165, 1.54) is 3.57 Å². The average Bonchev–Trinajstić information content (AvgIpc) is 2.29. The number of nitrogens with one attached hydrogen (secondary N) is 1. The van der Waals surface area contributed by atoms with E-state index < -0.39 is 0 Å². The fourth-order valence-corrected chi connectivity index (χ4v) is 1.81. The van der Waals surface area contributed by atoms with Gasteiger partial charge in [-0.25, -0.2) is 0 Å². The predicted octanol–water partition coefficient (Wildman–Crippen LogP) is 2.65. The fraction of sp³-hybridized carbons (Fsp3) is 0.462. The number of rotatable bonds is 6. The van der Waals surface area contributed by atoms with Crippen molar-refractivity contribution in [3.05, 3.63) is 33.4 Å². The molecule has 16 heavy (non-hydrogen) atoms. The van der Waals surface area contributed by atoms with Crippen molar-refractivity contribution in [2.24, 2.45) is 5.92 Å². The second-order valence-corrected chi connectivity index (χ2v) is 5.22. The molecule has 1 unspecified atom stereocenters. The second-order valence-electron chi connectivity index (χ2n) is 3.98. The second kappa shape index (κ2) is 7.01. The SMILES string of the molecule is CCNCC(C)C(=O)Cc1ccc(I)cc1. The molecular weight excluding hydrogens is 313 g/mol. The van der Waals surface area contributed by atoms with E-state index in [0.717, 1.165) is 18.7 Å². The molecule has 1 aromatic carbocycles. The van der Waals surface area contributed by atoms with Crippen molar-refractivity contribution in [2.75, 3.05) is 13.1 Å². The molecule has 0 aromatic heterocycles. The third kappa shape index (κ3) is 4.61. The first-order valence-electron chi connectivity index (χ1n) is 5.61. The van der Waals surface area contributed by atoms with Gasteiger partial charge in [0.2, 0.25) is 0 Å². The van der Waals surface area contributed by atoms with Crippen molar-refractivity contribution < 1.29 is 4.79 Å². The molecule has 3 heteroatoms. The number of carbonyl (C=O) groups is 1. The maximum atomic E-state index is 11.9. The smallest absolute Gasteiger partial charge is 0.141 e. The molecule has 1 atom stereocenters. The minimum atomic E-state index is 0.0965. The first-order chi connectivity index (χ1) is 7.63. The third-order valence-electron chi connectivity index (χ3n) is 2.54. The van der Waals surface area contributed by atoms with Crippen LogP contribution in [0.3, 0.4) is 0 Å². The van der Waals surface area contributed by atoms with Crippen molar-refractivity contribution >= 4 is 28.4 Å². The van der Waals surface area contributed by atoms with Crippen molar-refractivity contribution in [1.29, 1.82) is 0 Å². The van der Waals surface area contributed by atoms with Gasteiger partial charge >= 0.3 is 0 Å². The summed E-state index contributed by atoms with van der Waals surface area (Å²) in [7, 11) is 0. The van der Waals surface area contributed by atoms with E-state index in [9.17, 15) is 4.79 Å². The van der Waals surface area contributed by atoms with Gasteiger partial charge in [-0.1, -0.05) is 26.0 Å². The lowest BCUT2D eigenvalue weighted by Gasteiger charge is -2.10. The van der Waals surface area contributed by atoms with Crippen LogP contribution in [0.5, 0.6) is 0 Å². The van der Waals surface area contributed by atoms with E-state index in [1.54, 1.807) is 0 Å². The van der Waals surface area contributed by atoms with Gasteiger partial charge in [0, 0.05) is 22.5 Å². The summed E-state index contributed by atoms with van der Waals surface area (Å²) in [6, 6.07) is 8.13. The predicted molar refractivity (Wildman–Crippen MR) is 75.6 cm³/mol. The summed E-state index contributed by atoms with van der Waals surface area (Å²) >= 11 is 2.27. The van der Waals surface area contributed by atoms with Gasteiger partial charge in [-0.15, -0.1) is 0 Å². The highest BCUT2D eigenvalue weighted by Gasteiger charge is 2.12. The van der Waals surface area contributed by atoms with Crippen molar-refractivity contribution in [2.45, 2.75) is 20.3 Å². The molecule has 0 aliphatic carbocycles. The lowest BCUT2D eigenvalue weighted by atomic mass is 9.99. The van der Waals surface area contributed by atoms with Crippen LogP contribution in [0.1, 0.15) is 19.4 Å². The Morgan fingerprint density at radius 3 is 2.56 bits per heavy atom. The van der Waals surface area contributed by atoms with Crippen LogP contribution in [0.15, 0.2) is 24.3 Å². The number of halogens is 1. The monoisotopic (exact) mass is 331 g/mol. The van der Waals surface area contributed by atoms with Crippen LogP contribution in [0.4, 0.5) is 0 Å². The normalized spacial score (nSPS) is 12.4. The highest BCUT2D eigenvalue weighted by atomic mass is 127. The summed E-state index contributed by atoms with van der Waals surface area (Å²) in [5, 5.41) is 3.20. The molecule has 0 saturated heterocycles. The molecule has 0 aliphatic heterocycles. The van der Waals surface area contributed by atoms with Crippen LogP contribution in [0.2, 0.25) is 0 Å². The molecule has 1 N–H and O–H groups in total. The molecule has 0 amide bonds. The zero-order chi connectivity index (χ0) is 12.0. The van der Waals surface area contributed by atoms with E-state index in [2.05, 4.69) is 34.8 Å². The molecule has 0 fully saturated rings. The molecule has 88 valence electrons. The minimum absolute atomic E-state index is 0.0965. The summed E-state index contributed by atoms with van der Waals surface area (Å²) in [6.45, 7) is 5.73. The lowest BCUT2D eigenvalue weighted by molar-refractivity contribution is -0.121. The number of benzene rings is 1. The highest BCUT2D eigenvalue weighted by molar-refractivity contribution is 14.1. The first kappa shape index (κ1) is 13.6. The summed E-state index contributed by atoms with van der Waals surface area (Å²) in [4.78, 5) is 11.9. The Hall–Kier alpha value is -0.420. The summed E-state index contributed by atoms with van der Waals surface area (Å²) in [6.07, 6.45) is 0.545. The van der Waals surface area contributed by atoms with Crippen LogP contribution in [0, 0.1) is 9.49 Å². The van der Waals surface area contributed by atoms with E-state index in [1.807, 2.05) is 31.2 Å². The largest absolute Gasteiger partial charge is 0.316 e. The minimum Gasteiger partial charge on any atom is -0.316 e. The fourth-order valence-electron chi connectivity index (χ4n) is 1.45. The Morgan fingerprint density at radius 2 is 2.00 bits per heavy atom.